The molecule has 0 unspecified atom stereocenters. The summed E-state index contributed by atoms with van der Waals surface area (Å²) < 4.78 is 0. The van der Waals surface area contributed by atoms with E-state index < -0.39 is 0 Å². The number of aromatic nitrogens is 1. The molecule has 76 valence electrons. The average Bonchev–Trinajstić information content (AvgIpc) is 2.19. The van der Waals surface area contributed by atoms with E-state index in [2.05, 4.69) is 9.88 Å². The smallest absolute Gasteiger partial charge is 0.129 e. The molecule has 1 aromatic heterocycles. The summed E-state index contributed by atoms with van der Waals surface area (Å²) in [7, 11) is 0. The number of hydrogen-bond acceptors (Lipinski definition) is 2. The van der Waals surface area contributed by atoms with Crippen molar-refractivity contribution in [2.45, 2.75) is 25.8 Å². The van der Waals surface area contributed by atoms with E-state index in [9.17, 15) is 0 Å². The highest BCUT2D eigenvalue weighted by Gasteiger charge is 2.10. The van der Waals surface area contributed by atoms with Crippen LogP contribution in [0.3, 0.4) is 0 Å². The van der Waals surface area contributed by atoms with Gasteiger partial charge in [-0.25, -0.2) is 4.98 Å². The third-order valence-corrected chi connectivity index (χ3v) is 2.82. The van der Waals surface area contributed by atoms with Crippen LogP contribution in [0.25, 0.3) is 0 Å². The second-order valence-electron chi connectivity index (χ2n) is 3.79. The molecule has 2 heterocycles. The van der Waals surface area contributed by atoms with Crippen LogP contribution in [0.4, 0.5) is 0 Å². The first-order valence-electron chi connectivity index (χ1n) is 5.18. The fourth-order valence-electron chi connectivity index (χ4n) is 1.88. The quantitative estimate of drug-likeness (QED) is 0.698. The van der Waals surface area contributed by atoms with Gasteiger partial charge in [-0.3, -0.25) is 4.90 Å². The lowest BCUT2D eigenvalue weighted by atomic mass is 10.1. The van der Waals surface area contributed by atoms with Crippen molar-refractivity contribution in [1.29, 1.82) is 0 Å². The largest absolute Gasteiger partial charge is 0.298 e. The summed E-state index contributed by atoms with van der Waals surface area (Å²) in [6.07, 6.45) is 4.01. The van der Waals surface area contributed by atoms with Crippen molar-refractivity contribution in [2.75, 3.05) is 13.1 Å². The lowest BCUT2D eigenvalue weighted by Crippen LogP contribution is -2.29. The van der Waals surface area contributed by atoms with Crippen LogP contribution in [-0.4, -0.2) is 23.0 Å². The molecule has 0 amide bonds. The van der Waals surface area contributed by atoms with Crippen LogP contribution in [-0.2, 0) is 6.54 Å². The molecule has 1 aromatic rings. The standard InChI is InChI=1S/C11H15ClN2/c12-11-6-4-5-10(13-11)9-14-7-2-1-3-8-14/h4-6H,1-3,7-9H2. The van der Waals surface area contributed by atoms with Crippen LogP contribution in [0.15, 0.2) is 18.2 Å². The molecule has 0 N–H and O–H groups in total. The van der Waals surface area contributed by atoms with Gasteiger partial charge in [0.2, 0.25) is 0 Å². The van der Waals surface area contributed by atoms with Crippen LogP contribution in [0.2, 0.25) is 5.15 Å². The zero-order valence-electron chi connectivity index (χ0n) is 8.25. The molecule has 1 aliphatic heterocycles. The van der Waals surface area contributed by atoms with Crippen LogP contribution in [0, 0.1) is 0 Å². The van der Waals surface area contributed by atoms with E-state index in [-0.39, 0.29) is 0 Å². The van der Waals surface area contributed by atoms with E-state index in [0.717, 1.165) is 12.2 Å². The normalized spacial score (nSPS) is 18.4. The number of hydrogen-bond donors (Lipinski definition) is 0. The topological polar surface area (TPSA) is 16.1 Å². The minimum absolute atomic E-state index is 0.597. The van der Waals surface area contributed by atoms with Gasteiger partial charge in [0.1, 0.15) is 5.15 Å². The second kappa shape index (κ2) is 4.76. The number of pyridine rings is 1. The van der Waals surface area contributed by atoms with Crippen molar-refractivity contribution >= 4 is 11.6 Å². The van der Waals surface area contributed by atoms with Crippen molar-refractivity contribution < 1.29 is 0 Å². The summed E-state index contributed by atoms with van der Waals surface area (Å²) in [5, 5.41) is 0.597. The highest BCUT2D eigenvalue weighted by atomic mass is 35.5. The van der Waals surface area contributed by atoms with Crippen molar-refractivity contribution in [3.63, 3.8) is 0 Å². The lowest BCUT2D eigenvalue weighted by molar-refractivity contribution is 0.218. The van der Waals surface area contributed by atoms with E-state index in [4.69, 9.17) is 11.6 Å². The zero-order chi connectivity index (χ0) is 9.80. The van der Waals surface area contributed by atoms with Crippen LogP contribution < -0.4 is 0 Å². The fraction of sp³-hybridized carbons (Fsp3) is 0.545. The first-order chi connectivity index (χ1) is 6.84. The Balaban J connectivity index is 1.95. The molecule has 0 saturated carbocycles. The summed E-state index contributed by atoms with van der Waals surface area (Å²) in [4.78, 5) is 6.74. The zero-order valence-corrected chi connectivity index (χ0v) is 9.00. The molecule has 1 aliphatic rings. The Hall–Kier alpha value is -0.600. The molecular formula is C11H15ClN2. The summed E-state index contributed by atoms with van der Waals surface area (Å²) in [5.74, 6) is 0. The Morgan fingerprint density at radius 1 is 1.21 bits per heavy atom. The van der Waals surface area contributed by atoms with E-state index in [1.54, 1.807) is 0 Å². The molecule has 0 aliphatic carbocycles. The van der Waals surface area contributed by atoms with Crippen molar-refractivity contribution in [3.05, 3.63) is 29.0 Å². The predicted octanol–water partition coefficient (Wildman–Crippen LogP) is 2.72. The third kappa shape index (κ3) is 2.69. The molecule has 0 bridgehead atoms. The van der Waals surface area contributed by atoms with Crippen molar-refractivity contribution in [1.82, 2.24) is 9.88 Å². The number of likely N-dealkylation sites (tertiary alicyclic amines) is 1. The third-order valence-electron chi connectivity index (χ3n) is 2.61. The summed E-state index contributed by atoms with van der Waals surface area (Å²) in [6, 6.07) is 5.83. The van der Waals surface area contributed by atoms with Crippen LogP contribution >= 0.6 is 11.6 Å². The summed E-state index contributed by atoms with van der Waals surface area (Å²) in [5.41, 5.74) is 1.08. The molecule has 0 radical (unpaired) electrons. The SMILES string of the molecule is Clc1cccc(CN2CCCCC2)n1. The van der Waals surface area contributed by atoms with E-state index >= 15 is 0 Å². The van der Waals surface area contributed by atoms with E-state index in [1.165, 1.54) is 32.4 Å². The van der Waals surface area contributed by atoms with Gasteiger partial charge in [0.05, 0.1) is 5.69 Å². The first kappa shape index (κ1) is 9.94. The Labute approximate surface area is 89.9 Å². The monoisotopic (exact) mass is 210 g/mol. The molecule has 0 aromatic carbocycles. The number of piperidine rings is 1. The molecule has 0 spiro atoms. The number of nitrogens with zero attached hydrogens (tertiary/aromatic N) is 2. The van der Waals surface area contributed by atoms with Gasteiger partial charge in [0.15, 0.2) is 0 Å². The van der Waals surface area contributed by atoms with Crippen LogP contribution in [0.1, 0.15) is 25.0 Å². The van der Waals surface area contributed by atoms with Gasteiger partial charge in [-0.05, 0) is 38.1 Å². The molecule has 3 heteroatoms. The minimum Gasteiger partial charge on any atom is -0.298 e. The maximum atomic E-state index is 5.83. The second-order valence-corrected chi connectivity index (χ2v) is 4.18. The molecule has 1 saturated heterocycles. The highest BCUT2D eigenvalue weighted by molar-refractivity contribution is 6.29. The van der Waals surface area contributed by atoms with Gasteiger partial charge in [-0.15, -0.1) is 0 Å². The Bertz CT molecular complexity index is 295. The van der Waals surface area contributed by atoms with E-state index in [1.807, 2.05) is 18.2 Å². The molecule has 14 heavy (non-hydrogen) atoms. The van der Waals surface area contributed by atoms with Gasteiger partial charge >= 0.3 is 0 Å². The Kier molecular flexibility index (Phi) is 3.38. The van der Waals surface area contributed by atoms with Gasteiger partial charge in [-0.2, -0.15) is 0 Å². The minimum atomic E-state index is 0.597. The van der Waals surface area contributed by atoms with E-state index in [0.29, 0.717) is 5.15 Å². The van der Waals surface area contributed by atoms with Crippen molar-refractivity contribution in [3.8, 4) is 0 Å². The van der Waals surface area contributed by atoms with Gasteiger partial charge in [0, 0.05) is 6.54 Å². The fourth-order valence-corrected chi connectivity index (χ4v) is 2.07. The Morgan fingerprint density at radius 2 is 2.00 bits per heavy atom. The van der Waals surface area contributed by atoms with Gasteiger partial charge in [-0.1, -0.05) is 24.1 Å². The number of halogens is 1. The predicted molar refractivity (Wildman–Crippen MR) is 58.4 cm³/mol. The average molecular weight is 211 g/mol. The Morgan fingerprint density at radius 3 is 2.71 bits per heavy atom. The first-order valence-corrected chi connectivity index (χ1v) is 5.56. The molecule has 1 fully saturated rings. The van der Waals surface area contributed by atoms with Gasteiger partial charge < -0.3 is 0 Å². The molecule has 2 nitrogen and oxygen atoms in total. The maximum Gasteiger partial charge on any atom is 0.129 e. The van der Waals surface area contributed by atoms with Crippen LogP contribution in [0.5, 0.6) is 0 Å². The molecule has 2 rings (SSSR count). The summed E-state index contributed by atoms with van der Waals surface area (Å²) >= 11 is 5.83. The maximum absolute atomic E-state index is 5.83. The van der Waals surface area contributed by atoms with Gasteiger partial charge in [0.25, 0.3) is 0 Å². The number of rotatable bonds is 2. The lowest BCUT2D eigenvalue weighted by Gasteiger charge is -2.25. The van der Waals surface area contributed by atoms with Crippen molar-refractivity contribution in [2.24, 2.45) is 0 Å². The molecular weight excluding hydrogens is 196 g/mol. The highest BCUT2D eigenvalue weighted by Crippen LogP contribution is 2.13. The summed E-state index contributed by atoms with van der Waals surface area (Å²) in [6.45, 7) is 3.35. The molecule has 0 atom stereocenters.